The smallest absolute Gasteiger partial charge is 0.410 e. The first kappa shape index (κ1) is 18.1. The molecule has 1 aromatic rings. The fraction of sp³-hybridized carbons (Fsp3) is 0.733. The Morgan fingerprint density at radius 2 is 2.26 bits per heavy atom. The van der Waals surface area contributed by atoms with Crippen LogP contribution in [0.15, 0.2) is 5.38 Å². The van der Waals surface area contributed by atoms with Crippen LogP contribution in [-0.2, 0) is 9.57 Å². The third-order valence-electron chi connectivity index (χ3n) is 3.60. The van der Waals surface area contributed by atoms with E-state index in [-0.39, 0.29) is 12.1 Å². The van der Waals surface area contributed by atoms with Crippen LogP contribution < -0.4 is 0 Å². The number of thiazole rings is 1. The Morgan fingerprint density at radius 3 is 2.87 bits per heavy atom. The molecule has 0 aromatic carbocycles. The van der Waals surface area contributed by atoms with Crippen molar-refractivity contribution in [2.24, 2.45) is 0 Å². The number of hydroxylamine groups is 2. The molecule has 23 heavy (non-hydrogen) atoms. The first-order valence-corrected chi connectivity index (χ1v) is 8.51. The quantitative estimate of drug-likeness (QED) is 0.669. The van der Waals surface area contributed by atoms with E-state index >= 15 is 0 Å². The molecule has 1 amide bonds. The Bertz CT molecular complexity index is 543. The molecule has 0 aliphatic carbocycles. The van der Waals surface area contributed by atoms with Gasteiger partial charge in [0.05, 0.1) is 18.8 Å². The average molecular weight is 343 g/mol. The predicted octanol–water partition coefficient (Wildman–Crippen LogP) is 2.70. The van der Waals surface area contributed by atoms with Crippen molar-refractivity contribution in [2.75, 3.05) is 20.7 Å². The summed E-state index contributed by atoms with van der Waals surface area (Å²) in [6.07, 6.45) is 0.523. The number of nitrogens with zero attached hydrogens (tertiary/aromatic N) is 3. The number of aliphatic hydroxyl groups is 1. The number of rotatable bonds is 4. The zero-order valence-electron chi connectivity index (χ0n) is 14.3. The number of hydrogen-bond donors (Lipinski definition) is 1. The molecule has 2 unspecified atom stereocenters. The van der Waals surface area contributed by atoms with Gasteiger partial charge in [-0.05, 0) is 33.6 Å². The molecule has 0 saturated carbocycles. The summed E-state index contributed by atoms with van der Waals surface area (Å²) in [6, 6.07) is -0.0938. The van der Waals surface area contributed by atoms with Gasteiger partial charge in [-0.1, -0.05) is 0 Å². The molecule has 2 rings (SSSR count). The van der Waals surface area contributed by atoms with Crippen molar-refractivity contribution in [1.29, 1.82) is 0 Å². The van der Waals surface area contributed by atoms with Crippen molar-refractivity contribution in [2.45, 2.75) is 51.5 Å². The monoisotopic (exact) mass is 343 g/mol. The van der Waals surface area contributed by atoms with Gasteiger partial charge < -0.3 is 9.84 Å². The van der Waals surface area contributed by atoms with E-state index in [4.69, 9.17) is 9.57 Å². The molecule has 1 fully saturated rings. The minimum Gasteiger partial charge on any atom is -0.444 e. The van der Waals surface area contributed by atoms with E-state index in [0.29, 0.717) is 12.2 Å². The zero-order chi connectivity index (χ0) is 17.2. The maximum Gasteiger partial charge on any atom is 0.410 e. The summed E-state index contributed by atoms with van der Waals surface area (Å²) >= 11 is 1.44. The third-order valence-corrected chi connectivity index (χ3v) is 4.57. The molecule has 130 valence electrons. The highest BCUT2D eigenvalue weighted by Gasteiger charge is 2.35. The first-order valence-electron chi connectivity index (χ1n) is 7.63. The minimum absolute atomic E-state index is 0.0938. The number of aliphatic hydroxyl groups excluding tert-OH is 1. The molecule has 2 atom stereocenters. The largest absolute Gasteiger partial charge is 0.444 e. The van der Waals surface area contributed by atoms with Crippen LogP contribution in [0.1, 0.15) is 56.6 Å². The van der Waals surface area contributed by atoms with E-state index in [1.165, 1.54) is 23.5 Å². The fourth-order valence-electron chi connectivity index (χ4n) is 2.42. The molecule has 1 N–H and O–H groups in total. The van der Waals surface area contributed by atoms with Gasteiger partial charge in [-0.2, -0.15) is 5.06 Å². The van der Waals surface area contributed by atoms with Crippen molar-refractivity contribution >= 4 is 17.4 Å². The van der Waals surface area contributed by atoms with E-state index in [1.807, 2.05) is 20.8 Å². The lowest BCUT2D eigenvalue weighted by Crippen LogP contribution is -2.36. The van der Waals surface area contributed by atoms with Crippen LogP contribution in [-0.4, -0.2) is 52.5 Å². The molecular formula is C15H25N3O4S. The van der Waals surface area contributed by atoms with Crippen LogP contribution in [0.2, 0.25) is 0 Å². The molecule has 1 aromatic heterocycles. The molecule has 1 saturated heterocycles. The van der Waals surface area contributed by atoms with Crippen LogP contribution in [0.3, 0.4) is 0 Å². The lowest BCUT2D eigenvalue weighted by Gasteiger charge is -2.27. The second-order valence-corrected chi connectivity index (χ2v) is 7.43. The maximum absolute atomic E-state index is 12.3. The first-order chi connectivity index (χ1) is 10.7. The lowest BCUT2D eigenvalue weighted by molar-refractivity contribution is -0.207. The average Bonchev–Trinajstić information content (AvgIpc) is 3.11. The third kappa shape index (κ3) is 4.41. The Kier molecular flexibility index (Phi) is 5.61. The Hall–Kier alpha value is -1.22. The predicted molar refractivity (Wildman–Crippen MR) is 86.8 cm³/mol. The second kappa shape index (κ2) is 7.12. The number of amides is 1. The van der Waals surface area contributed by atoms with Gasteiger partial charge in [-0.3, -0.25) is 9.74 Å². The van der Waals surface area contributed by atoms with Crippen LogP contribution in [0, 0.1) is 0 Å². The number of aromatic nitrogens is 1. The number of hydrogen-bond acceptors (Lipinski definition) is 7. The van der Waals surface area contributed by atoms with Crippen molar-refractivity contribution in [1.82, 2.24) is 14.9 Å². The van der Waals surface area contributed by atoms with Crippen molar-refractivity contribution in [3.63, 3.8) is 0 Å². The molecule has 1 aliphatic rings. The Balaban J connectivity index is 2.11. The van der Waals surface area contributed by atoms with Gasteiger partial charge in [-0.15, -0.1) is 11.3 Å². The lowest BCUT2D eigenvalue weighted by atomic mass is 10.2. The molecule has 0 radical (unpaired) electrons. The Labute approximate surface area is 140 Å². The van der Waals surface area contributed by atoms with Gasteiger partial charge in [-0.25, -0.2) is 9.78 Å². The molecular weight excluding hydrogens is 318 g/mol. The summed E-state index contributed by atoms with van der Waals surface area (Å²) < 4.78 is 5.47. The van der Waals surface area contributed by atoms with E-state index in [2.05, 4.69) is 4.98 Å². The van der Waals surface area contributed by atoms with E-state index in [0.717, 1.165) is 17.8 Å². The molecule has 7 nitrogen and oxygen atoms in total. The second-order valence-electron chi connectivity index (χ2n) is 6.54. The van der Waals surface area contributed by atoms with E-state index in [9.17, 15) is 9.90 Å². The van der Waals surface area contributed by atoms with Gasteiger partial charge in [0.2, 0.25) is 0 Å². The van der Waals surface area contributed by atoms with E-state index < -0.39 is 11.8 Å². The van der Waals surface area contributed by atoms with E-state index in [1.54, 1.807) is 17.3 Å². The molecule has 8 heteroatoms. The van der Waals surface area contributed by atoms with Crippen molar-refractivity contribution in [3.8, 4) is 0 Å². The van der Waals surface area contributed by atoms with Crippen LogP contribution in [0.5, 0.6) is 0 Å². The molecule has 2 heterocycles. The van der Waals surface area contributed by atoms with Gasteiger partial charge in [0.1, 0.15) is 10.6 Å². The summed E-state index contributed by atoms with van der Waals surface area (Å²) in [5.41, 5.74) is 0.000657. The number of carbonyl (C=O) groups excluding carboxylic acids is 1. The highest BCUT2D eigenvalue weighted by atomic mass is 32.1. The van der Waals surface area contributed by atoms with Crippen molar-refractivity contribution in [3.05, 3.63) is 16.1 Å². The topological polar surface area (TPSA) is 75.1 Å². The van der Waals surface area contributed by atoms with Crippen molar-refractivity contribution < 1.29 is 19.5 Å². The summed E-state index contributed by atoms with van der Waals surface area (Å²) in [6.45, 7) is 6.23. The Morgan fingerprint density at radius 1 is 1.57 bits per heavy atom. The maximum atomic E-state index is 12.3. The summed E-state index contributed by atoms with van der Waals surface area (Å²) in [5.74, 6) is 0. The number of carbonyl (C=O) groups is 1. The number of ether oxygens (including phenoxy) is 1. The van der Waals surface area contributed by atoms with Gasteiger partial charge in [0.25, 0.3) is 0 Å². The molecule has 0 spiro atoms. The summed E-state index contributed by atoms with van der Waals surface area (Å²) in [5, 5.41) is 14.0. The SMILES string of the molecule is CON(C)C(O)c1csc(C2CCCN2C(=O)OC(C)(C)C)n1. The zero-order valence-corrected chi connectivity index (χ0v) is 15.1. The van der Waals surface area contributed by atoms with Crippen LogP contribution in [0.25, 0.3) is 0 Å². The van der Waals surface area contributed by atoms with Gasteiger partial charge in [0, 0.05) is 19.0 Å². The molecule has 1 aliphatic heterocycles. The summed E-state index contributed by atoms with van der Waals surface area (Å²) in [4.78, 5) is 23.5. The summed E-state index contributed by atoms with van der Waals surface area (Å²) in [7, 11) is 3.12. The highest BCUT2D eigenvalue weighted by molar-refractivity contribution is 7.09. The number of likely N-dealkylation sites (tertiary alicyclic amines) is 1. The highest BCUT2D eigenvalue weighted by Crippen LogP contribution is 2.35. The fourth-order valence-corrected chi connectivity index (χ4v) is 3.40. The standard InChI is InChI=1S/C15H25N3O4S/c1-15(2,3)22-14(20)18-8-6-7-11(18)12-16-10(9-23-12)13(19)17(4)21-5/h9,11,13,19H,6-8H2,1-5H3. The minimum atomic E-state index is -0.929. The van der Waals surface area contributed by atoms with Gasteiger partial charge >= 0.3 is 6.09 Å². The molecule has 0 bridgehead atoms. The van der Waals surface area contributed by atoms with Crippen LogP contribution >= 0.6 is 11.3 Å². The van der Waals surface area contributed by atoms with Gasteiger partial charge in [0.15, 0.2) is 6.23 Å². The van der Waals surface area contributed by atoms with Crippen LogP contribution in [0.4, 0.5) is 4.79 Å². The normalized spacial score (nSPS) is 20.1.